The van der Waals surface area contributed by atoms with Gasteiger partial charge in [-0.25, -0.2) is 13.7 Å². The summed E-state index contributed by atoms with van der Waals surface area (Å²) in [5.41, 5.74) is 2.20. The second-order valence-electron chi connectivity index (χ2n) is 6.73. The number of aryl methyl sites for hydroxylation is 2. The van der Waals surface area contributed by atoms with Crippen molar-refractivity contribution in [2.24, 2.45) is 0 Å². The first kappa shape index (κ1) is 19.7. The largest absolute Gasteiger partial charge is 0.395 e. The summed E-state index contributed by atoms with van der Waals surface area (Å²) >= 11 is 0. The van der Waals surface area contributed by atoms with Crippen LogP contribution in [0, 0.1) is 25.5 Å². The highest BCUT2D eigenvalue weighted by Gasteiger charge is 2.43. The lowest BCUT2D eigenvalue weighted by Crippen LogP contribution is -2.35. The molecule has 0 bridgehead atoms. The Bertz CT molecular complexity index is 1000. The van der Waals surface area contributed by atoms with Crippen LogP contribution in [0.15, 0.2) is 42.1 Å². The molecule has 2 aromatic rings. The molecule has 1 heterocycles. The van der Waals surface area contributed by atoms with E-state index in [1.165, 1.54) is 4.90 Å². The summed E-state index contributed by atoms with van der Waals surface area (Å²) in [6.45, 7) is 3.61. The van der Waals surface area contributed by atoms with E-state index in [1.807, 2.05) is 26.0 Å². The topological polar surface area (TPSA) is 60.9 Å². The minimum absolute atomic E-state index is 0.0646. The molecule has 1 aliphatic rings. The maximum atomic E-state index is 14.3. The predicted octanol–water partition coefficient (Wildman–Crippen LogP) is 2.79. The normalized spacial score (nSPS) is 14.3. The zero-order valence-corrected chi connectivity index (χ0v) is 15.8. The Hall–Kier alpha value is -3.06. The quantitative estimate of drug-likeness (QED) is 0.803. The monoisotopic (exact) mass is 386 g/mol. The molecule has 0 spiro atoms. The standard InChI is InChI=1S/C21H20F2N2O3/c1-12-4-6-15(13(2)10-12)18-19(24(3)8-9-26)21(28)25(20(18)27)17-7-5-14(22)11-16(17)23/h4-7,10-11,26H,8-9H2,1-3H3. The molecule has 0 aliphatic carbocycles. The number of rotatable bonds is 5. The van der Waals surface area contributed by atoms with Crippen LogP contribution in [-0.2, 0) is 9.59 Å². The van der Waals surface area contributed by atoms with Crippen LogP contribution in [0.5, 0.6) is 0 Å². The van der Waals surface area contributed by atoms with Crippen molar-refractivity contribution >= 4 is 23.1 Å². The number of carbonyl (C=O) groups excluding carboxylic acids is 2. The molecule has 2 amide bonds. The number of aliphatic hydroxyl groups excluding tert-OH is 1. The van der Waals surface area contributed by atoms with E-state index in [1.54, 1.807) is 13.1 Å². The SMILES string of the molecule is Cc1ccc(C2=C(N(C)CCO)C(=O)N(c3ccc(F)cc3F)C2=O)c(C)c1. The van der Waals surface area contributed by atoms with Crippen LogP contribution in [0.2, 0.25) is 0 Å². The van der Waals surface area contributed by atoms with E-state index < -0.39 is 23.4 Å². The fraction of sp³-hybridized carbons (Fsp3) is 0.238. The van der Waals surface area contributed by atoms with Crippen LogP contribution in [-0.4, -0.2) is 42.0 Å². The van der Waals surface area contributed by atoms with Crippen LogP contribution in [0.3, 0.4) is 0 Å². The van der Waals surface area contributed by atoms with Crippen LogP contribution in [0.4, 0.5) is 14.5 Å². The molecule has 3 rings (SSSR count). The summed E-state index contributed by atoms with van der Waals surface area (Å²) in [5.74, 6) is -3.23. The van der Waals surface area contributed by atoms with Crippen molar-refractivity contribution in [3.63, 3.8) is 0 Å². The number of imide groups is 1. The Morgan fingerprint density at radius 2 is 1.75 bits per heavy atom. The molecule has 7 heteroatoms. The van der Waals surface area contributed by atoms with Gasteiger partial charge in [0.1, 0.15) is 17.3 Å². The third kappa shape index (κ3) is 3.29. The van der Waals surface area contributed by atoms with E-state index in [0.717, 1.165) is 23.3 Å². The summed E-state index contributed by atoms with van der Waals surface area (Å²) in [5, 5.41) is 9.28. The number of halogens is 2. The first-order valence-electron chi connectivity index (χ1n) is 8.74. The van der Waals surface area contributed by atoms with Gasteiger partial charge in [-0.3, -0.25) is 9.59 Å². The van der Waals surface area contributed by atoms with Crippen molar-refractivity contribution in [2.45, 2.75) is 13.8 Å². The van der Waals surface area contributed by atoms with Crippen molar-refractivity contribution in [3.8, 4) is 0 Å². The Labute approximate surface area is 161 Å². The fourth-order valence-electron chi connectivity index (χ4n) is 3.35. The molecule has 2 aromatic carbocycles. The molecular formula is C21H20F2N2O3. The number of likely N-dealkylation sites (N-methyl/N-ethyl adjacent to an activating group) is 1. The molecule has 5 nitrogen and oxygen atoms in total. The van der Waals surface area contributed by atoms with E-state index in [2.05, 4.69) is 0 Å². The molecule has 1 aliphatic heterocycles. The Balaban J connectivity index is 2.19. The van der Waals surface area contributed by atoms with E-state index >= 15 is 0 Å². The second kappa shape index (κ2) is 7.52. The van der Waals surface area contributed by atoms with Gasteiger partial charge in [0.05, 0.1) is 17.9 Å². The summed E-state index contributed by atoms with van der Waals surface area (Å²) in [4.78, 5) is 28.5. The lowest BCUT2D eigenvalue weighted by atomic mass is 9.97. The van der Waals surface area contributed by atoms with Gasteiger partial charge in [0.2, 0.25) is 0 Å². The average molecular weight is 386 g/mol. The zero-order chi connectivity index (χ0) is 20.6. The van der Waals surface area contributed by atoms with Gasteiger partial charge in [-0.15, -0.1) is 0 Å². The highest BCUT2D eigenvalue weighted by Crippen LogP contribution is 2.36. The van der Waals surface area contributed by atoms with Gasteiger partial charge in [0.15, 0.2) is 0 Å². The Morgan fingerprint density at radius 3 is 2.36 bits per heavy atom. The minimum Gasteiger partial charge on any atom is -0.395 e. The molecule has 28 heavy (non-hydrogen) atoms. The molecule has 0 unspecified atom stereocenters. The van der Waals surface area contributed by atoms with Crippen LogP contribution in [0.25, 0.3) is 5.57 Å². The third-order valence-electron chi connectivity index (χ3n) is 4.68. The third-order valence-corrected chi connectivity index (χ3v) is 4.68. The fourth-order valence-corrected chi connectivity index (χ4v) is 3.35. The lowest BCUT2D eigenvalue weighted by Gasteiger charge is -2.20. The molecule has 0 aromatic heterocycles. The number of amides is 2. The van der Waals surface area contributed by atoms with Gasteiger partial charge in [-0.2, -0.15) is 0 Å². The Morgan fingerprint density at radius 1 is 1.04 bits per heavy atom. The van der Waals surface area contributed by atoms with Crippen molar-refractivity contribution in [3.05, 3.63) is 70.4 Å². The number of hydrogen-bond acceptors (Lipinski definition) is 4. The van der Waals surface area contributed by atoms with E-state index in [9.17, 15) is 23.5 Å². The first-order chi connectivity index (χ1) is 13.3. The molecule has 0 atom stereocenters. The molecule has 0 radical (unpaired) electrons. The van der Waals surface area contributed by atoms with Gasteiger partial charge >= 0.3 is 0 Å². The molecular weight excluding hydrogens is 366 g/mol. The minimum atomic E-state index is -1.01. The van der Waals surface area contributed by atoms with Crippen molar-refractivity contribution in [1.82, 2.24) is 4.90 Å². The molecule has 0 fully saturated rings. The highest BCUT2D eigenvalue weighted by molar-refractivity contribution is 6.45. The summed E-state index contributed by atoms with van der Waals surface area (Å²) in [6.07, 6.45) is 0. The smallest absolute Gasteiger partial charge is 0.282 e. The Kier molecular flexibility index (Phi) is 5.29. The van der Waals surface area contributed by atoms with Crippen molar-refractivity contribution in [2.75, 3.05) is 25.1 Å². The van der Waals surface area contributed by atoms with Gasteiger partial charge in [-0.05, 0) is 37.1 Å². The van der Waals surface area contributed by atoms with Crippen LogP contribution in [0.1, 0.15) is 16.7 Å². The summed E-state index contributed by atoms with van der Waals surface area (Å²) < 4.78 is 27.6. The molecule has 146 valence electrons. The maximum Gasteiger partial charge on any atom is 0.282 e. The van der Waals surface area contributed by atoms with Gasteiger partial charge in [0.25, 0.3) is 11.8 Å². The summed E-state index contributed by atoms with van der Waals surface area (Å²) in [7, 11) is 1.57. The molecule has 0 saturated carbocycles. The lowest BCUT2D eigenvalue weighted by molar-refractivity contribution is -0.120. The predicted molar refractivity (Wildman–Crippen MR) is 101 cm³/mol. The number of aliphatic hydroxyl groups is 1. The molecule has 0 saturated heterocycles. The van der Waals surface area contributed by atoms with Gasteiger partial charge in [0, 0.05) is 19.7 Å². The number of anilines is 1. The number of nitrogens with zero attached hydrogens (tertiary/aromatic N) is 2. The average Bonchev–Trinajstić information content (AvgIpc) is 2.86. The molecule has 1 N–H and O–H groups in total. The number of carbonyl (C=O) groups is 2. The second-order valence-corrected chi connectivity index (χ2v) is 6.73. The van der Waals surface area contributed by atoms with Crippen LogP contribution < -0.4 is 4.90 Å². The van der Waals surface area contributed by atoms with Crippen LogP contribution >= 0.6 is 0 Å². The number of benzene rings is 2. The maximum absolute atomic E-state index is 14.3. The van der Waals surface area contributed by atoms with E-state index in [0.29, 0.717) is 16.5 Å². The van der Waals surface area contributed by atoms with E-state index in [-0.39, 0.29) is 30.1 Å². The van der Waals surface area contributed by atoms with Gasteiger partial charge < -0.3 is 10.0 Å². The van der Waals surface area contributed by atoms with Gasteiger partial charge in [-0.1, -0.05) is 23.8 Å². The summed E-state index contributed by atoms with van der Waals surface area (Å²) in [6, 6.07) is 8.12. The van der Waals surface area contributed by atoms with E-state index in [4.69, 9.17) is 0 Å². The first-order valence-corrected chi connectivity index (χ1v) is 8.74. The van der Waals surface area contributed by atoms with Crippen molar-refractivity contribution < 1.29 is 23.5 Å². The number of hydrogen-bond donors (Lipinski definition) is 1. The highest BCUT2D eigenvalue weighted by atomic mass is 19.1. The van der Waals surface area contributed by atoms with Crippen molar-refractivity contribution in [1.29, 1.82) is 0 Å². The zero-order valence-electron chi connectivity index (χ0n) is 15.8.